The molecule has 3 nitrogen and oxygen atoms in total. The number of hydrogen-bond donors (Lipinski definition) is 0. The zero-order chi connectivity index (χ0) is 8.81. The maximum atomic E-state index is 10.2. The van der Waals surface area contributed by atoms with Gasteiger partial charge >= 0.3 is 5.43 Å². The lowest BCUT2D eigenvalue weighted by Crippen LogP contribution is -1.99. The minimum absolute atomic E-state index is 0.312. The highest BCUT2D eigenvalue weighted by molar-refractivity contribution is 6.61. The highest BCUT2D eigenvalue weighted by Crippen LogP contribution is 1.98. The molecule has 0 atom stereocenters. The normalized spacial score (nSPS) is 9.42. The molecule has 64 valence electrons. The van der Waals surface area contributed by atoms with Gasteiger partial charge in [-0.05, 0) is 17.7 Å². The highest BCUT2D eigenvalue weighted by atomic mass is 35.5. The van der Waals surface area contributed by atoms with E-state index in [0.29, 0.717) is 13.0 Å². The van der Waals surface area contributed by atoms with E-state index >= 15 is 0 Å². The molecule has 0 aliphatic rings. The van der Waals surface area contributed by atoms with Crippen molar-refractivity contribution in [2.75, 3.05) is 6.61 Å². The molecule has 0 bridgehead atoms. The minimum atomic E-state index is -0.760. The van der Waals surface area contributed by atoms with Crippen molar-refractivity contribution in [2.45, 2.75) is 6.42 Å². The summed E-state index contributed by atoms with van der Waals surface area (Å²) in [5.41, 5.74) is 0.312. The number of rotatable bonds is 3. The third-order valence-corrected chi connectivity index (χ3v) is 1.46. The van der Waals surface area contributed by atoms with E-state index in [2.05, 4.69) is 9.72 Å². The number of hydrogen-bond acceptors (Lipinski definition) is 3. The van der Waals surface area contributed by atoms with Gasteiger partial charge in [-0.15, -0.1) is 0 Å². The van der Waals surface area contributed by atoms with Crippen LogP contribution in [0.3, 0.4) is 0 Å². The van der Waals surface area contributed by atoms with Crippen molar-refractivity contribution in [3.63, 3.8) is 0 Å². The number of carbonyl (C=O) groups is 1. The smallest absolute Gasteiger partial charge is 0.403 e. The van der Waals surface area contributed by atoms with Crippen LogP contribution in [0.5, 0.6) is 0 Å². The molecule has 0 N–H and O–H groups in total. The van der Waals surface area contributed by atoms with E-state index in [0.717, 1.165) is 5.56 Å². The first-order valence-electron chi connectivity index (χ1n) is 3.50. The molecule has 0 spiro atoms. The molecule has 12 heavy (non-hydrogen) atoms. The van der Waals surface area contributed by atoms with Crippen LogP contribution in [0, 0.1) is 0 Å². The summed E-state index contributed by atoms with van der Waals surface area (Å²) in [6.45, 7) is 0.312. The van der Waals surface area contributed by atoms with Crippen LogP contribution in [-0.4, -0.2) is 17.0 Å². The first kappa shape index (κ1) is 9.00. The number of halogens is 1. The van der Waals surface area contributed by atoms with E-state index in [1.54, 1.807) is 12.4 Å². The number of nitrogens with zero attached hydrogens (tertiary/aromatic N) is 1. The topological polar surface area (TPSA) is 39.2 Å². The Balaban J connectivity index is 2.29. The second-order valence-electron chi connectivity index (χ2n) is 2.19. The van der Waals surface area contributed by atoms with Gasteiger partial charge in [-0.2, -0.15) is 0 Å². The third-order valence-electron chi connectivity index (χ3n) is 1.36. The minimum Gasteiger partial charge on any atom is -0.453 e. The standard InChI is InChI=1S/C8H8ClNO2/c9-8(11)12-6-3-7-1-4-10-5-2-7/h1-2,4-5H,3,6H2. The van der Waals surface area contributed by atoms with Gasteiger partial charge in [0.05, 0.1) is 6.61 Å². The summed E-state index contributed by atoms with van der Waals surface area (Å²) in [6.07, 6.45) is 4.05. The van der Waals surface area contributed by atoms with Gasteiger partial charge in [-0.25, -0.2) is 4.79 Å². The molecule has 0 amide bonds. The number of pyridine rings is 1. The molecule has 4 heteroatoms. The van der Waals surface area contributed by atoms with Crippen molar-refractivity contribution >= 4 is 17.0 Å². The quantitative estimate of drug-likeness (QED) is 0.677. The lowest BCUT2D eigenvalue weighted by atomic mass is 10.2. The molecule has 1 heterocycles. The molecule has 0 aliphatic heterocycles. The van der Waals surface area contributed by atoms with Crippen LogP contribution in [0.4, 0.5) is 4.79 Å². The lowest BCUT2D eigenvalue weighted by Gasteiger charge is -1.99. The average Bonchev–Trinajstić information content (AvgIpc) is 2.05. The fourth-order valence-corrected chi connectivity index (χ4v) is 0.876. The Morgan fingerprint density at radius 3 is 2.75 bits per heavy atom. The Morgan fingerprint density at radius 2 is 2.17 bits per heavy atom. The third kappa shape index (κ3) is 3.34. The van der Waals surface area contributed by atoms with E-state index in [4.69, 9.17) is 11.6 Å². The summed E-state index contributed by atoms with van der Waals surface area (Å²) >= 11 is 4.97. The molecule has 0 radical (unpaired) electrons. The van der Waals surface area contributed by atoms with Crippen LogP contribution < -0.4 is 0 Å². The summed E-state index contributed by atoms with van der Waals surface area (Å²) in [5, 5.41) is 0. The fourth-order valence-electron chi connectivity index (χ4n) is 0.799. The molecular weight excluding hydrogens is 178 g/mol. The Morgan fingerprint density at radius 1 is 1.50 bits per heavy atom. The molecule has 0 saturated carbocycles. The van der Waals surface area contributed by atoms with Crippen molar-refractivity contribution in [1.82, 2.24) is 4.98 Å². The summed E-state index contributed by atoms with van der Waals surface area (Å²) in [6, 6.07) is 3.73. The molecule has 1 aromatic heterocycles. The largest absolute Gasteiger partial charge is 0.453 e. The maximum absolute atomic E-state index is 10.2. The molecule has 1 rings (SSSR count). The van der Waals surface area contributed by atoms with E-state index < -0.39 is 5.43 Å². The first-order valence-corrected chi connectivity index (χ1v) is 3.88. The van der Waals surface area contributed by atoms with Crippen molar-refractivity contribution in [3.05, 3.63) is 30.1 Å². The van der Waals surface area contributed by atoms with Gasteiger partial charge in [0, 0.05) is 30.4 Å². The monoisotopic (exact) mass is 185 g/mol. The predicted octanol–water partition coefficient (Wildman–Crippen LogP) is 2.00. The summed E-state index contributed by atoms with van der Waals surface area (Å²) in [4.78, 5) is 14.0. The van der Waals surface area contributed by atoms with Gasteiger partial charge < -0.3 is 4.74 Å². The van der Waals surface area contributed by atoms with Crippen molar-refractivity contribution in [1.29, 1.82) is 0 Å². The lowest BCUT2D eigenvalue weighted by molar-refractivity contribution is 0.175. The van der Waals surface area contributed by atoms with E-state index in [1.807, 2.05) is 12.1 Å². The number of aromatic nitrogens is 1. The number of ether oxygens (including phenoxy) is 1. The van der Waals surface area contributed by atoms with Gasteiger partial charge in [-0.1, -0.05) is 0 Å². The second kappa shape index (κ2) is 4.72. The number of carbonyl (C=O) groups excluding carboxylic acids is 1. The Hall–Kier alpha value is -1.09. The Kier molecular flexibility index (Phi) is 3.54. The van der Waals surface area contributed by atoms with Crippen LogP contribution >= 0.6 is 11.6 Å². The van der Waals surface area contributed by atoms with Crippen molar-refractivity contribution < 1.29 is 9.53 Å². The maximum Gasteiger partial charge on any atom is 0.403 e. The van der Waals surface area contributed by atoms with E-state index in [1.165, 1.54) is 0 Å². The van der Waals surface area contributed by atoms with Crippen LogP contribution in [0.15, 0.2) is 24.5 Å². The van der Waals surface area contributed by atoms with E-state index in [-0.39, 0.29) is 0 Å². The Labute approximate surface area is 75.3 Å². The van der Waals surface area contributed by atoms with Crippen molar-refractivity contribution in [2.24, 2.45) is 0 Å². The second-order valence-corrected chi connectivity index (χ2v) is 2.50. The zero-order valence-electron chi connectivity index (χ0n) is 6.37. The van der Waals surface area contributed by atoms with Gasteiger partial charge in [0.15, 0.2) is 0 Å². The van der Waals surface area contributed by atoms with Gasteiger partial charge in [-0.3, -0.25) is 4.98 Å². The first-order chi connectivity index (χ1) is 5.79. The Bertz CT molecular complexity index is 250. The zero-order valence-corrected chi connectivity index (χ0v) is 7.12. The average molecular weight is 186 g/mol. The molecule has 1 aromatic rings. The molecule has 0 saturated heterocycles. The van der Waals surface area contributed by atoms with Crippen LogP contribution in [0.25, 0.3) is 0 Å². The van der Waals surface area contributed by atoms with Gasteiger partial charge in [0.1, 0.15) is 0 Å². The fraction of sp³-hybridized carbons (Fsp3) is 0.250. The molecule has 0 aliphatic carbocycles. The van der Waals surface area contributed by atoms with Crippen LogP contribution in [0.2, 0.25) is 0 Å². The summed E-state index contributed by atoms with van der Waals surface area (Å²) in [7, 11) is 0. The van der Waals surface area contributed by atoms with E-state index in [9.17, 15) is 4.79 Å². The van der Waals surface area contributed by atoms with Gasteiger partial charge in [0.25, 0.3) is 0 Å². The highest BCUT2D eigenvalue weighted by Gasteiger charge is 1.95. The summed E-state index contributed by atoms with van der Waals surface area (Å²) in [5.74, 6) is 0. The van der Waals surface area contributed by atoms with Crippen LogP contribution in [-0.2, 0) is 11.2 Å². The summed E-state index contributed by atoms with van der Waals surface area (Å²) < 4.78 is 4.55. The molecule has 0 fully saturated rings. The predicted molar refractivity (Wildman–Crippen MR) is 45.1 cm³/mol. The molecule has 0 unspecified atom stereocenters. The van der Waals surface area contributed by atoms with Gasteiger partial charge in [0.2, 0.25) is 0 Å². The van der Waals surface area contributed by atoms with Crippen molar-refractivity contribution in [3.8, 4) is 0 Å². The van der Waals surface area contributed by atoms with Crippen LogP contribution in [0.1, 0.15) is 5.56 Å². The molecule has 0 aromatic carbocycles. The SMILES string of the molecule is O=C(Cl)OCCc1ccncc1. The molecular formula is C8H8ClNO2.